The van der Waals surface area contributed by atoms with E-state index in [9.17, 15) is 9.18 Å². The number of benzene rings is 1. The van der Waals surface area contributed by atoms with Crippen LogP contribution in [0.4, 0.5) is 4.39 Å². The lowest BCUT2D eigenvalue weighted by Crippen LogP contribution is -2.36. The van der Waals surface area contributed by atoms with Crippen molar-refractivity contribution in [1.82, 2.24) is 10.2 Å². The topological polar surface area (TPSA) is 32.3 Å². The van der Waals surface area contributed by atoms with Crippen LogP contribution in [0.5, 0.6) is 0 Å². The van der Waals surface area contributed by atoms with Crippen LogP contribution in [0.15, 0.2) is 41.8 Å². The number of nitrogens with one attached hydrogen (secondary N) is 1. The number of rotatable bonds is 5. The molecule has 0 aliphatic carbocycles. The highest BCUT2D eigenvalue weighted by atomic mass is 32.1. The molecule has 1 aromatic carbocycles. The van der Waals surface area contributed by atoms with Crippen molar-refractivity contribution in [3.8, 4) is 0 Å². The summed E-state index contributed by atoms with van der Waals surface area (Å²) in [5.74, 6) is -0.481. The first kappa shape index (κ1) is 15.2. The van der Waals surface area contributed by atoms with Crippen LogP contribution < -0.4 is 5.32 Å². The first-order valence-electron chi connectivity index (χ1n) is 7.55. The van der Waals surface area contributed by atoms with Crippen molar-refractivity contribution in [1.29, 1.82) is 0 Å². The zero-order valence-electron chi connectivity index (χ0n) is 12.3. The van der Waals surface area contributed by atoms with Gasteiger partial charge in [-0.3, -0.25) is 9.69 Å². The number of carbonyl (C=O) groups excluding carboxylic acids is 1. The molecule has 2 aromatic rings. The fraction of sp³-hybridized carbons (Fsp3) is 0.353. The van der Waals surface area contributed by atoms with E-state index in [-0.39, 0.29) is 17.8 Å². The Morgan fingerprint density at radius 3 is 2.59 bits per heavy atom. The Hall–Kier alpha value is -1.72. The molecule has 0 radical (unpaired) electrons. The smallest absolute Gasteiger partial charge is 0.251 e. The van der Waals surface area contributed by atoms with Crippen LogP contribution >= 0.6 is 11.3 Å². The van der Waals surface area contributed by atoms with Crippen LogP contribution in [0, 0.1) is 5.82 Å². The molecule has 0 unspecified atom stereocenters. The van der Waals surface area contributed by atoms with E-state index in [1.54, 1.807) is 11.3 Å². The third-order valence-corrected chi connectivity index (χ3v) is 4.99. The largest absolute Gasteiger partial charge is 0.350 e. The first-order valence-corrected chi connectivity index (χ1v) is 8.43. The number of hydrogen-bond acceptors (Lipinski definition) is 3. The van der Waals surface area contributed by atoms with E-state index in [1.165, 1.54) is 42.0 Å². The number of halogens is 1. The lowest BCUT2D eigenvalue weighted by molar-refractivity contribution is 0.0938. The van der Waals surface area contributed by atoms with Crippen molar-refractivity contribution < 1.29 is 9.18 Å². The molecule has 1 aliphatic heterocycles. The number of hydrogen-bond donors (Lipinski definition) is 1. The molecule has 1 saturated heterocycles. The molecule has 1 atom stereocenters. The zero-order chi connectivity index (χ0) is 15.4. The molecule has 3 nitrogen and oxygen atoms in total. The number of carbonyl (C=O) groups is 1. The SMILES string of the molecule is O=C(NC[C@H](c1cccs1)N1CCCC1)c1ccc(F)cc1. The highest BCUT2D eigenvalue weighted by molar-refractivity contribution is 7.10. The average molecular weight is 318 g/mol. The molecular weight excluding hydrogens is 299 g/mol. The Kier molecular flexibility index (Phi) is 4.85. The highest BCUT2D eigenvalue weighted by Crippen LogP contribution is 2.27. The van der Waals surface area contributed by atoms with Gasteiger partial charge in [0, 0.05) is 17.0 Å². The predicted molar refractivity (Wildman–Crippen MR) is 86.6 cm³/mol. The minimum absolute atomic E-state index is 0.152. The molecule has 0 bridgehead atoms. The van der Waals surface area contributed by atoms with Crippen LogP contribution in [-0.4, -0.2) is 30.4 Å². The molecule has 5 heteroatoms. The normalized spacial score (nSPS) is 16.6. The maximum atomic E-state index is 12.9. The van der Waals surface area contributed by atoms with Gasteiger partial charge in [-0.25, -0.2) is 4.39 Å². The second kappa shape index (κ2) is 7.03. The molecule has 0 saturated carbocycles. The summed E-state index contributed by atoms with van der Waals surface area (Å²) < 4.78 is 12.9. The third-order valence-electron chi connectivity index (χ3n) is 4.02. The maximum Gasteiger partial charge on any atom is 0.251 e. The van der Waals surface area contributed by atoms with Gasteiger partial charge in [-0.2, -0.15) is 0 Å². The van der Waals surface area contributed by atoms with Crippen LogP contribution in [0.3, 0.4) is 0 Å². The van der Waals surface area contributed by atoms with Crippen LogP contribution in [-0.2, 0) is 0 Å². The molecule has 22 heavy (non-hydrogen) atoms. The minimum Gasteiger partial charge on any atom is -0.350 e. The molecule has 1 N–H and O–H groups in total. The minimum atomic E-state index is -0.329. The van der Waals surface area contributed by atoms with E-state index in [4.69, 9.17) is 0 Å². The fourth-order valence-corrected chi connectivity index (χ4v) is 3.70. The summed E-state index contributed by atoms with van der Waals surface area (Å²) in [6.07, 6.45) is 2.43. The van der Waals surface area contributed by atoms with Crippen LogP contribution in [0.2, 0.25) is 0 Å². The van der Waals surface area contributed by atoms with Crippen molar-refractivity contribution in [3.63, 3.8) is 0 Å². The number of nitrogens with zero attached hydrogens (tertiary/aromatic N) is 1. The van der Waals surface area contributed by atoms with Gasteiger partial charge in [-0.05, 0) is 61.6 Å². The summed E-state index contributed by atoms with van der Waals surface area (Å²) in [7, 11) is 0. The molecule has 1 fully saturated rings. The zero-order valence-corrected chi connectivity index (χ0v) is 13.1. The van der Waals surface area contributed by atoms with Crippen molar-refractivity contribution >= 4 is 17.2 Å². The maximum absolute atomic E-state index is 12.9. The summed E-state index contributed by atoms with van der Waals surface area (Å²) in [5.41, 5.74) is 0.493. The Balaban J connectivity index is 1.66. The van der Waals surface area contributed by atoms with E-state index in [0.717, 1.165) is 13.1 Å². The highest BCUT2D eigenvalue weighted by Gasteiger charge is 2.24. The average Bonchev–Trinajstić information content (AvgIpc) is 3.22. The lowest BCUT2D eigenvalue weighted by atomic mass is 10.1. The Labute approximate surface area is 133 Å². The summed E-state index contributed by atoms with van der Waals surface area (Å²) in [6.45, 7) is 2.74. The Morgan fingerprint density at radius 1 is 1.23 bits per heavy atom. The standard InChI is InChI=1S/C17H19FN2OS/c18-14-7-5-13(6-8-14)17(21)19-12-15(16-4-3-11-22-16)20-9-1-2-10-20/h3-8,11,15H,1-2,9-10,12H2,(H,19,21)/t15-/m1/s1. The lowest BCUT2D eigenvalue weighted by Gasteiger charge is -2.26. The molecule has 116 valence electrons. The van der Waals surface area contributed by atoms with Crippen molar-refractivity contribution in [2.45, 2.75) is 18.9 Å². The fourth-order valence-electron chi connectivity index (χ4n) is 2.84. The number of likely N-dealkylation sites (tertiary alicyclic amines) is 1. The van der Waals surface area contributed by atoms with Crippen LogP contribution in [0.25, 0.3) is 0 Å². The van der Waals surface area contributed by atoms with Crippen LogP contribution in [0.1, 0.15) is 34.1 Å². The first-order chi connectivity index (χ1) is 10.7. The van der Waals surface area contributed by atoms with Gasteiger partial charge in [0.15, 0.2) is 0 Å². The third kappa shape index (κ3) is 3.54. The van der Waals surface area contributed by atoms with Gasteiger partial charge in [0.05, 0.1) is 6.04 Å². The number of thiophene rings is 1. The second-order valence-corrected chi connectivity index (χ2v) is 6.47. The molecule has 1 amide bonds. The van der Waals surface area contributed by atoms with E-state index >= 15 is 0 Å². The molecule has 3 rings (SSSR count). The van der Waals surface area contributed by atoms with Crippen molar-refractivity contribution in [2.75, 3.05) is 19.6 Å². The number of amides is 1. The van der Waals surface area contributed by atoms with Gasteiger partial charge in [0.2, 0.25) is 0 Å². The van der Waals surface area contributed by atoms with E-state index in [1.807, 2.05) is 6.07 Å². The van der Waals surface area contributed by atoms with E-state index in [0.29, 0.717) is 12.1 Å². The van der Waals surface area contributed by atoms with Gasteiger partial charge in [-0.1, -0.05) is 6.07 Å². The Morgan fingerprint density at radius 2 is 1.95 bits per heavy atom. The molecule has 1 aliphatic rings. The monoisotopic (exact) mass is 318 g/mol. The van der Waals surface area contributed by atoms with Crippen molar-refractivity contribution in [2.24, 2.45) is 0 Å². The quantitative estimate of drug-likeness (QED) is 0.916. The molecule has 2 heterocycles. The van der Waals surface area contributed by atoms with Crippen molar-refractivity contribution in [3.05, 3.63) is 58.0 Å². The van der Waals surface area contributed by atoms with E-state index in [2.05, 4.69) is 21.7 Å². The van der Waals surface area contributed by atoms with Gasteiger partial charge >= 0.3 is 0 Å². The van der Waals surface area contributed by atoms with Gasteiger partial charge in [-0.15, -0.1) is 11.3 Å². The predicted octanol–water partition coefficient (Wildman–Crippen LogP) is 3.45. The summed E-state index contributed by atoms with van der Waals surface area (Å²) in [6, 6.07) is 10.1. The molecular formula is C17H19FN2OS. The summed E-state index contributed by atoms with van der Waals surface area (Å²) in [5, 5.41) is 5.06. The van der Waals surface area contributed by atoms with Gasteiger partial charge in [0.25, 0.3) is 5.91 Å². The van der Waals surface area contributed by atoms with Gasteiger partial charge in [0.1, 0.15) is 5.82 Å². The summed E-state index contributed by atoms with van der Waals surface area (Å²) in [4.78, 5) is 15.9. The van der Waals surface area contributed by atoms with E-state index < -0.39 is 0 Å². The summed E-state index contributed by atoms with van der Waals surface area (Å²) >= 11 is 1.72. The molecule has 1 aromatic heterocycles. The second-order valence-electron chi connectivity index (χ2n) is 5.49. The Bertz CT molecular complexity index is 606. The molecule has 0 spiro atoms. The van der Waals surface area contributed by atoms with Gasteiger partial charge < -0.3 is 5.32 Å².